The highest BCUT2D eigenvalue weighted by Crippen LogP contribution is 2.33. The Labute approximate surface area is 95.6 Å². The van der Waals surface area contributed by atoms with Crippen molar-refractivity contribution in [3.8, 4) is 5.75 Å². The maximum absolute atomic E-state index is 14.1. The first-order chi connectivity index (χ1) is 7.77. The van der Waals surface area contributed by atoms with Crippen molar-refractivity contribution < 1.29 is 9.13 Å². The van der Waals surface area contributed by atoms with Gasteiger partial charge in [0.15, 0.2) is 0 Å². The van der Waals surface area contributed by atoms with Gasteiger partial charge in [0.05, 0.1) is 7.11 Å². The summed E-state index contributed by atoms with van der Waals surface area (Å²) in [5, 5.41) is 0. The number of methoxy groups -OCH3 is 1. The first-order valence-corrected chi connectivity index (χ1v) is 5.85. The van der Waals surface area contributed by atoms with Gasteiger partial charge in [0.2, 0.25) is 0 Å². The molecule has 1 aliphatic rings. The molecule has 2 rings (SSSR count). The van der Waals surface area contributed by atoms with Crippen LogP contribution in [0.2, 0.25) is 0 Å². The van der Waals surface area contributed by atoms with Crippen molar-refractivity contribution in [1.82, 2.24) is 0 Å². The molecule has 88 valence electrons. The summed E-state index contributed by atoms with van der Waals surface area (Å²) < 4.78 is 19.5. The Morgan fingerprint density at radius 3 is 2.62 bits per heavy atom. The van der Waals surface area contributed by atoms with Gasteiger partial charge >= 0.3 is 0 Å². The molecule has 0 bridgehead atoms. The minimum absolute atomic E-state index is 0.0547. The van der Waals surface area contributed by atoms with Crippen molar-refractivity contribution in [3.63, 3.8) is 0 Å². The molecule has 0 atom stereocenters. The van der Waals surface area contributed by atoms with Crippen LogP contribution in [0.3, 0.4) is 0 Å². The molecule has 2 nitrogen and oxygen atoms in total. The van der Waals surface area contributed by atoms with E-state index in [1.54, 1.807) is 7.11 Å². The highest BCUT2D eigenvalue weighted by Gasteiger charge is 2.20. The van der Waals surface area contributed by atoms with Gasteiger partial charge < -0.3 is 10.5 Å². The molecule has 1 aliphatic carbocycles. The fraction of sp³-hybridized carbons (Fsp3) is 0.538. The van der Waals surface area contributed by atoms with Crippen molar-refractivity contribution in [2.45, 2.75) is 32.1 Å². The standard InChI is InChI=1S/C13H18FNO/c1-16-12-8-9(6-7-15)13(14)11-5-3-2-4-10(11)12/h8H,2-7,15H2,1H3. The van der Waals surface area contributed by atoms with Crippen molar-refractivity contribution in [2.75, 3.05) is 13.7 Å². The SMILES string of the molecule is COc1cc(CCN)c(F)c2c1CCCC2. The van der Waals surface area contributed by atoms with Gasteiger partial charge in [0.25, 0.3) is 0 Å². The Hall–Kier alpha value is -1.09. The Morgan fingerprint density at radius 1 is 1.31 bits per heavy atom. The van der Waals surface area contributed by atoms with Crippen LogP contribution in [0, 0.1) is 5.82 Å². The van der Waals surface area contributed by atoms with Crippen molar-refractivity contribution >= 4 is 0 Å². The van der Waals surface area contributed by atoms with Crippen LogP contribution >= 0.6 is 0 Å². The van der Waals surface area contributed by atoms with E-state index in [4.69, 9.17) is 10.5 Å². The van der Waals surface area contributed by atoms with E-state index in [9.17, 15) is 4.39 Å². The van der Waals surface area contributed by atoms with E-state index in [0.717, 1.165) is 42.6 Å². The minimum Gasteiger partial charge on any atom is -0.496 e. The van der Waals surface area contributed by atoms with Crippen LogP contribution in [-0.2, 0) is 19.3 Å². The van der Waals surface area contributed by atoms with Crippen LogP contribution in [0.4, 0.5) is 4.39 Å². The zero-order valence-corrected chi connectivity index (χ0v) is 9.68. The third-order valence-electron chi connectivity index (χ3n) is 3.25. The Balaban J connectivity index is 2.51. The Bertz CT molecular complexity index is 390. The molecule has 0 aromatic heterocycles. The van der Waals surface area contributed by atoms with Crippen LogP contribution in [0.25, 0.3) is 0 Å². The summed E-state index contributed by atoms with van der Waals surface area (Å²) in [7, 11) is 1.65. The lowest BCUT2D eigenvalue weighted by Gasteiger charge is -2.21. The third kappa shape index (κ3) is 1.92. The van der Waals surface area contributed by atoms with E-state index >= 15 is 0 Å². The van der Waals surface area contributed by atoms with E-state index in [1.807, 2.05) is 6.07 Å². The maximum Gasteiger partial charge on any atom is 0.130 e. The minimum atomic E-state index is -0.0547. The summed E-state index contributed by atoms with van der Waals surface area (Å²) in [6, 6.07) is 1.81. The molecular formula is C13H18FNO. The molecule has 1 aromatic rings. The average molecular weight is 223 g/mol. The molecule has 3 heteroatoms. The van der Waals surface area contributed by atoms with Crippen molar-refractivity contribution in [2.24, 2.45) is 5.73 Å². The number of hydrogen-bond donors (Lipinski definition) is 1. The predicted octanol–water partition coefficient (Wildman–Crippen LogP) is 2.21. The number of halogens is 1. The van der Waals surface area contributed by atoms with Crippen molar-refractivity contribution in [1.29, 1.82) is 0 Å². The van der Waals surface area contributed by atoms with E-state index in [1.165, 1.54) is 0 Å². The van der Waals surface area contributed by atoms with Crippen LogP contribution in [-0.4, -0.2) is 13.7 Å². The lowest BCUT2D eigenvalue weighted by atomic mass is 9.88. The monoisotopic (exact) mass is 223 g/mol. The lowest BCUT2D eigenvalue weighted by Crippen LogP contribution is -2.12. The highest BCUT2D eigenvalue weighted by atomic mass is 19.1. The Morgan fingerprint density at radius 2 is 2.00 bits per heavy atom. The van der Waals surface area contributed by atoms with Gasteiger partial charge in [-0.1, -0.05) is 0 Å². The van der Waals surface area contributed by atoms with E-state index < -0.39 is 0 Å². The second-order valence-electron chi connectivity index (χ2n) is 4.25. The largest absolute Gasteiger partial charge is 0.496 e. The maximum atomic E-state index is 14.1. The number of fused-ring (bicyclic) bond motifs is 1. The van der Waals surface area contributed by atoms with E-state index in [-0.39, 0.29) is 5.82 Å². The third-order valence-corrected chi connectivity index (χ3v) is 3.25. The number of nitrogens with two attached hydrogens (primary N) is 1. The molecule has 0 amide bonds. The van der Waals surface area contributed by atoms with E-state index in [2.05, 4.69) is 0 Å². The molecule has 0 saturated carbocycles. The second kappa shape index (κ2) is 4.83. The zero-order valence-electron chi connectivity index (χ0n) is 9.68. The predicted molar refractivity (Wildman–Crippen MR) is 62.4 cm³/mol. The number of ether oxygens (including phenoxy) is 1. The summed E-state index contributed by atoms with van der Waals surface area (Å²) >= 11 is 0. The first kappa shape index (κ1) is 11.4. The van der Waals surface area contributed by atoms with Crippen LogP contribution in [0.1, 0.15) is 29.5 Å². The van der Waals surface area contributed by atoms with Gasteiger partial charge in [-0.15, -0.1) is 0 Å². The lowest BCUT2D eigenvalue weighted by molar-refractivity contribution is 0.402. The van der Waals surface area contributed by atoms with Gasteiger partial charge in [-0.3, -0.25) is 0 Å². The fourth-order valence-corrected chi connectivity index (χ4v) is 2.44. The molecule has 0 heterocycles. The molecule has 0 radical (unpaired) electrons. The number of rotatable bonds is 3. The summed E-state index contributed by atoms with van der Waals surface area (Å²) in [4.78, 5) is 0. The molecule has 0 aliphatic heterocycles. The highest BCUT2D eigenvalue weighted by molar-refractivity contribution is 5.46. The van der Waals surface area contributed by atoms with Gasteiger partial charge in [0.1, 0.15) is 11.6 Å². The summed E-state index contributed by atoms with van der Waals surface area (Å²) in [6.45, 7) is 0.471. The number of benzene rings is 1. The summed E-state index contributed by atoms with van der Waals surface area (Å²) in [6.07, 6.45) is 4.53. The summed E-state index contributed by atoms with van der Waals surface area (Å²) in [5.74, 6) is 0.778. The molecular weight excluding hydrogens is 205 g/mol. The van der Waals surface area contributed by atoms with Gasteiger partial charge in [-0.05, 0) is 55.8 Å². The van der Waals surface area contributed by atoms with E-state index in [0.29, 0.717) is 18.5 Å². The smallest absolute Gasteiger partial charge is 0.130 e. The van der Waals surface area contributed by atoms with Gasteiger partial charge in [-0.2, -0.15) is 0 Å². The average Bonchev–Trinajstić information content (AvgIpc) is 2.33. The second-order valence-corrected chi connectivity index (χ2v) is 4.25. The fourth-order valence-electron chi connectivity index (χ4n) is 2.44. The molecule has 0 spiro atoms. The summed E-state index contributed by atoms with van der Waals surface area (Å²) in [5.41, 5.74) is 8.10. The molecule has 0 saturated heterocycles. The molecule has 16 heavy (non-hydrogen) atoms. The first-order valence-electron chi connectivity index (χ1n) is 5.85. The molecule has 0 unspecified atom stereocenters. The topological polar surface area (TPSA) is 35.2 Å². The zero-order chi connectivity index (χ0) is 11.5. The normalized spacial score (nSPS) is 14.7. The van der Waals surface area contributed by atoms with Crippen LogP contribution < -0.4 is 10.5 Å². The number of hydrogen-bond acceptors (Lipinski definition) is 2. The molecule has 1 aromatic carbocycles. The Kier molecular flexibility index (Phi) is 3.44. The van der Waals surface area contributed by atoms with Gasteiger partial charge in [0, 0.05) is 5.56 Å². The quantitative estimate of drug-likeness (QED) is 0.852. The van der Waals surface area contributed by atoms with Gasteiger partial charge in [-0.25, -0.2) is 4.39 Å². The van der Waals surface area contributed by atoms with Crippen LogP contribution in [0.5, 0.6) is 5.75 Å². The van der Waals surface area contributed by atoms with Crippen molar-refractivity contribution in [3.05, 3.63) is 28.6 Å². The molecule has 2 N–H and O–H groups in total. The molecule has 0 fully saturated rings. The van der Waals surface area contributed by atoms with Crippen LogP contribution in [0.15, 0.2) is 6.07 Å².